The molecule has 0 atom stereocenters. The van der Waals surface area contributed by atoms with E-state index in [9.17, 15) is 26.4 Å². The van der Waals surface area contributed by atoms with Gasteiger partial charge < -0.3 is 0 Å². The SMILES string of the molecule is O=C1c2ccccc2C(=O)c2c(-c3c(Cl)cc(NS(=O)(=O)C4CCCCC4)cc3Cl)ccc(-c3c(Cl)cc(NS(=O)(=O)C4CCCCC4)cc3Cl)c21. The van der Waals surface area contributed by atoms with Crippen LogP contribution in [0.1, 0.15) is 96.1 Å². The summed E-state index contributed by atoms with van der Waals surface area (Å²) in [6, 6.07) is 15.4. The molecule has 3 aliphatic carbocycles. The Hall–Kier alpha value is -3.12. The van der Waals surface area contributed by atoms with E-state index in [1.54, 1.807) is 36.4 Å². The van der Waals surface area contributed by atoms with Gasteiger partial charge in [0.25, 0.3) is 0 Å². The molecule has 8 nitrogen and oxygen atoms in total. The van der Waals surface area contributed by atoms with Gasteiger partial charge in [-0.1, -0.05) is 121 Å². The minimum atomic E-state index is -3.70. The lowest BCUT2D eigenvalue weighted by Gasteiger charge is -2.25. The van der Waals surface area contributed by atoms with Crippen LogP contribution >= 0.6 is 46.4 Å². The predicted molar refractivity (Wildman–Crippen MR) is 209 cm³/mol. The van der Waals surface area contributed by atoms with E-state index >= 15 is 0 Å². The largest absolute Gasteiger partial charge is 0.289 e. The lowest BCUT2D eigenvalue weighted by Crippen LogP contribution is -2.29. The van der Waals surface area contributed by atoms with Crippen molar-refractivity contribution in [1.82, 2.24) is 0 Å². The monoisotopic (exact) mass is 818 g/mol. The van der Waals surface area contributed by atoms with E-state index in [0.29, 0.717) is 25.7 Å². The molecule has 2 fully saturated rings. The quantitative estimate of drug-likeness (QED) is 0.161. The van der Waals surface area contributed by atoms with Crippen LogP contribution in [0.4, 0.5) is 11.4 Å². The third-order valence-corrected chi connectivity index (χ3v) is 15.1. The minimum Gasteiger partial charge on any atom is -0.289 e. The summed E-state index contributed by atoms with van der Waals surface area (Å²) in [5, 5.41) is -0.790. The lowest BCUT2D eigenvalue weighted by atomic mass is 9.77. The second-order valence-electron chi connectivity index (χ2n) is 13.6. The number of halogens is 4. The number of nitrogens with one attached hydrogen (secondary N) is 2. The standard InChI is InChI=1S/C38H34Cl4N2O6S2/c39-29-17-21(43-51(47,48)23-9-3-1-4-10-23)18-30(40)33(29)27-15-16-28(36-35(27)37(45)25-13-7-8-14-26(25)38(36)46)34-31(41)19-22(20-32(34)42)44-52(49,50)24-11-5-2-6-12-24/h7-8,13-20,23-24,43-44H,1-6,9-12H2. The zero-order valence-corrected chi connectivity index (χ0v) is 32.4. The zero-order valence-electron chi connectivity index (χ0n) is 27.8. The third kappa shape index (κ3) is 6.98. The van der Waals surface area contributed by atoms with Crippen molar-refractivity contribution in [2.24, 2.45) is 0 Å². The Morgan fingerprint density at radius 3 is 1.12 bits per heavy atom. The van der Waals surface area contributed by atoms with Gasteiger partial charge in [0.2, 0.25) is 20.0 Å². The van der Waals surface area contributed by atoms with Crippen LogP contribution in [0.25, 0.3) is 22.3 Å². The summed E-state index contributed by atoms with van der Waals surface area (Å²) in [5.41, 5.74) is 1.76. The van der Waals surface area contributed by atoms with Gasteiger partial charge in [-0.3, -0.25) is 19.0 Å². The van der Waals surface area contributed by atoms with Crippen LogP contribution in [-0.4, -0.2) is 38.9 Å². The molecule has 52 heavy (non-hydrogen) atoms. The molecule has 3 aliphatic rings. The van der Waals surface area contributed by atoms with Gasteiger partial charge in [-0.05, 0) is 61.1 Å². The van der Waals surface area contributed by atoms with Crippen molar-refractivity contribution < 1.29 is 26.4 Å². The average molecular weight is 821 g/mol. The van der Waals surface area contributed by atoms with Crippen molar-refractivity contribution >= 4 is 89.4 Å². The number of sulfonamides is 2. The predicted octanol–water partition coefficient (Wildman–Crippen LogP) is 10.6. The fraction of sp³-hybridized carbons (Fsp3) is 0.316. The van der Waals surface area contributed by atoms with Gasteiger partial charge in [0, 0.05) is 33.4 Å². The molecule has 2 N–H and O–H groups in total. The van der Waals surface area contributed by atoms with Crippen LogP contribution in [0.3, 0.4) is 0 Å². The minimum absolute atomic E-state index is 0.0229. The number of benzene rings is 4. The van der Waals surface area contributed by atoms with E-state index in [1.807, 2.05) is 0 Å². The molecule has 0 spiro atoms. The van der Waals surface area contributed by atoms with E-state index in [-0.39, 0.29) is 76.0 Å². The fourth-order valence-corrected chi connectivity index (χ4v) is 12.2. The molecule has 0 radical (unpaired) electrons. The maximum atomic E-state index is 14.3. The molecule has 272 valence electrons. The fourth-order valence-electron chi connectivity index (χ4n) is 7.66. The molecule has 0 bridgehead atoms. The van der Waals surface area contributed by atoms with E-state index in [4.69, 9.17) is 46.4 Å². The van der Waals surface area contributed by atoms with E-state index in [1.165, 1.54) is 24.3 Å². The number of fused-ring (bicyclic) bond motifs is 2. The van der Waals surface area contributed by atoms with Gasteiger partial charge in [0.15, 0.2) is 11.6 Å². The molecular weight excluding hydrogens is 786 g/mol. The molecule has 0 aromatic heterocycles. The first-order chi connectivity index (χ1) is 24.8. The Bertz CT molecular complexity index is 2140. The molecule has 0 aliphatic heterocycles. The zero-order chi connectivity index (χ0) is 36.9. The first kappa shape index (κ1) is 37.2. The van der Waals surface area contributed by atoms with E-state index < -0.39 is 42.1 Å². The van der Waals surface area contributed by atoms with Crippen molar-refractivity contribution in [1.29, 1.82) is 0 Å². The van der Waals surface area contributed by atoms with Crippen LogP contribution in [0.2, 0.25) is 20.1 Å². The van der Waals surface area contributed by atoms with Gasteiger partial charge in [-0.2, -0.15) is 0 Å². The number of ketones is 2. The Balaban J connectivity index is 1.33. The summed E-state index contributed by atoms with van der Waals surface area (Å²) < 4.78 is 58.0. The first-order valence-corrected chi connectivity index (χ1v) is 21.7. The molecule has 7 rings (SSSR count). The second-order valence-corrected chi connectivity index (χ2v) is 19.1. The highest BCUT2D eigenvalue weighted by Gasteiger charge is 2.36. The summed E-state index contributed by atoms with van der Waals surface area (Å²) in [4.78, 5) is 28.7. The molecule has 0 heterocycles. The van der Waals surface area contributed by atoms with Crippen LogP contribution < -0.4 is 9.44 Å². The molecule has 14 heteroatoms. The Morgan fingerprint density at radius 2 is 0.788 bits per heavy atom. The van der Waals surface area contributed by atoms with Gasteiger partial charge in [0.05, 0.1) is 42.0 Å². The Labute approximate surface area is 323 Å². The number of rotatable bonds is 8. The highest BCUT2D eigenvalue weighted by atomic mass is 35.5. The van der Waals surface area contributed by atoms with Crippen LogP contribution in [0, 0.1) is 0 Å². The summed E-state index contributed by atoms with van der Waals surface area (Å²) in [7, 11) is -7.41. The Kier molecular flexibility index (Phi) is 10.5. The highest BCUT2D eigenvalue weighted by Crippen LogP contribution is 2.48. The molecule has 0 unspecified atom stereocenters. The summed E-state index contributed by atoms with van der Waals surface area (Å²) in [5.74, 6) is -0.916. The maximum absolute atomic E-state index is 14.3. The summed E-state index contributed by atoms with van der Waals surface area (Å²) in [6.07, 6.45) is 7.61. The van der Waals surface area contributed by atoms with Crippen molar-refractivity contribution in [3.63, 3.8) is 0 Å². The summed E-state index contributed by atoms with van der Waals surface area (Å²) >= 11 is 27.3. The smallest absolute Gasteiger partial charge is 0.235 e. The van der Waals surface area contributed by atoms with Gasteiger partial charge >= 0.3 is 0 Å². The van der Waals surface area contributed by atoms with Crippen molar-refractivity contribution in [2.45, 2.75) is 74.7 Å². The molecular formula is C38H34Cl4N2O6S2. The van der Waals surface area contributed by atoms with Crippen molar-refractivity contribution in [3.8, 4) is 22.3 Å². The molecule has 2 saturated carbocycles. The van der Waals surface area contributed by atoms with Crippen LogP contribution in [0.5, 0.6) is 0 Å². The van der Waals surface area contributed by atoms with E-state index in [2.05, 4.69) is 9.44 Å². The molecule has 0 saturated heterocycles. The van der Waals surface area contributed by atoms with Crippen LogP contribution in [-0.2, 0) is 20.0 Å². The topological polar surface area (TPSA) is 126 Å². The normalized spacial score (nSPS) is 17.1. The average Bonchev–Trinajstić information content (AvgIpc) is 3.10. The highest BCUT2D eigenvalue weighted by molar-refractivity contribution is 7.93. The van der Waals surface area contributed by atoms with Crippen molar-refractivity contribution in [2.75, 3.05) is 9.44 Å². The maximum Gasteiger partial charge on any atom is 0.235 e. The molecule has 0 amide bonds. The van der Waals surface area contributed by atoms with Gasteiger partial charge in [0.1, 0.15) is 0 Å². The molecule has 4 aromatic carbocycles. The first-order valence-electron chi connectivity index (χ1n) is 17.1. The van der Waals surface area contributed by atoms with E-state index in [0.717, 1.165) is 38.5 Å². The van der Waals surface area contributed by atoms with Crippen LogP contribution in [0.15, 0.2) is 60.7 Å². The summed E-state index contributed by atoms with van der Waals surface area (Å²) in [6.45, 7) is 0. The molecule has 4 aromatic rings. The number of hydrogen-bond donors (Lipinski definition) is 2. The van der Waals surface area contributed by atoms with Gasteiger partial charge in [-0.15, -0.1) is 0 Å². The van der Waals surface area contributed by atoms with Crippen molar-refractivity contribution in [3.05, 3.63) is 103 Å². The third-order valence-electron chi connectivity index (χ3n) is 10.2. The number of carbonyl (C=O) groups excluding carboxylic acids is 2. The lowest BCUT2D eigenvalue weighted by molar-refractivity contribution is 0.0980. The Morgan fingerprint density at radius 1 is 0.462 bits per heavy atom. The number of carbonyl (C=O) groups is 2. The number of anilines is 2. The second kappa shape index (κ2) is 14.6. The number of hydrogen-bond acceptors (Lipinski definition) is 6. The van der Waals surface area contributed by atoms with Gasteiger partial charge in [-0.25, -0.2) is 16.8 Å².